The first-order valence-electron chi connectivity index (χ1n) is 25.1. The topological polar surface area (TPSA) is 188 Å². The average Bonchev–Trinajstić information content (AvgIpc) is 3.75. The largest absolute Gasteiger partial charge is 0.497 e. The lowest BCUT2D eigenvalue weighted by Gasteiger charge is -2.23. The maximum atomic E-state index is 13.7. The van der Waals surface area contributed by atoms with Crippen molar-refractivity contribution in [1.29, 1.82) is 0 Å². The van der Waals surface area contributed by atoms with Gasteiger partial charge in [0.05, 0.1) is 7.11 Å². The molecule has 5 N–H and O–H groups in total. The molecule has 0 bridgehead atoms. The smallest absolute Gasteiger partial charge is 0.407 e. The molecule has 0 saturated heterocycles. The normalized spacial score (nSPS) is 12.6. The van der Waals surface area contributed by atoms with Crippen molar-refractivity contribution in [1.82, 2.24) is 16.0 Å². The third-order valence-corrected chi connectivity index (χ3v) is 13.3. The quantitative estimate of drug-likeness (QED) is 0.0167. The molecule has 8 rings (SSSR count). The number of nitrogens with two attached hydrogens (primary N) is 1. The zero-order valence-electron chi connectivity index (χ0n) is 42.2. The number of rotatable bonds is 22. The molecule has 0 saturated carbocycles. The van der Waals surface area contributed by atoms with Crippen LogP contribution in [-0.4, -0.2) is 69.4 Å². The minimum absolute atomic E-state index is 0.0227. The molecule has 3 unspecified atom stereocenters. The van der Waals surface area contributed by atoms with Gasteiger partial charge in [0.15, 0.2) is 0 Å². The first kappa shape index (κ1) is 54.8. The number of hydrogen-bond donors (Lipinski definition) is 4. The number of methoxy groups -OCH3 is 1. The van der Waals surface area contributed by atoms with Crippen molar-refractivity contribution in [2.45, 2.75) is 69.4 Å². The van der Waals surface area contributed by atoms with E-state index in [1.54, 1.807) is 18.2 Å². The summed E-state index contributed by atoms with van der Waals surface area (Å²) in [5, 5.41) is 9.52. The molecule has 3 atom stereocenters. The molecule has 1 aliphatic carbocycles. The van der Waals surface area contributed by atoms with E-state index in [1.807, 2.05) is 72.8 Å². The van der Waals surface area contributed by atoms with Crippen molar-refractivity contribution in [3.05, 3.63) is 219 Å². The summed E-state index contributed by atoms with van der Waals surface area (Å²) >= 11 is 6.45. The van der Waals surface area contributed by atoms with Crippen LogP contribution in [0.3, 0.4) is 0 Å². The van der Waals surface area contributed by atoms with Crippen molar-refractivity contribution in [3.8, 4) is 16.9 Å². The number of carbonyl (C=O) groups is 4. The maximum absolute atomic E-state index is 13.7. The number of ether oxygens (including phenoxy) is 3. The Morgan fingerprint density at radius 2 is 1.37 bits per heavy atom. The maximum Gasteiger partial charge on any atom is 0.407 e. The molecule has 1 heterocycles. The summed E-state index contributed by atoms with van der Waals surface area (Å²) in [6.45, 7) is 6.30. The van der Waals surface area contributed by atoms with Gasteiger partial charge in [0.1, 0.15) is 42.2 Å². The van der Waals surface area contributed by atoms with Gasteiger partial charge in [-0.3, -0.25) is 9.59 Å². The molecule has 75 heavy (non-hydrogen) atoms. The lowest BCUT2D eigenvalue weighted by atomic mass is 9.85. The Kier molecular flexibility index (Phi) is 20.0. The highest BCUT2D eigenvalue weighted by atomic mass is 35.5. The predicted molar refractivity (Wildman–Crippen MR) is 293 cm³/mol. The van der Waals surface area contributed by atoms with Gasteiger partial charge in [0.2, 0.25) is 5.91 Å². The lowest BCUT2D eigenvalue weighted by Crippen LogP contribution is -2.52. The van der Waals surface area contributed by atoms with Gasteiger partial charge in [-0.1, -0.05) is 151 Å². The number of hydrogen-bond acceptors (Lipinski definition) is 10. The van der Waals surface area contributed by atoms with E-state index >= 15 is 0 Å². The highest BCUT2D eigenvalue weighted by molar-refractivity contribution is 6.31. The van der Waals surface area contributed by atoms with Crippen molar-refractivity contribution in [3.63, 3.8) is 0 Å². The molecule has 1 aromatic heterocycles. The fraction of sp³-hybridized carbons (Fsp3) is 0.262. The van der Waals surface area contributed by atoms with Crippen LogP contribution in [-0.2, 0) is 19.1 Å². The van der Waals surface area contributed by atoms with E-state index in [1.165, 1.54) is 35.9 Å². The van der Waals surface area contributed by atoms with Crippen molar-refractivity contribution < 1.29 is 37.8 Å². The Bertz CT molecular complexity index is 3080. The zero-order chi connectivity index (χ0) is 53.1. The summed E-state index contributed by atoms with van der Waals surface area (Å²) in [4.78, 5) is 65.2. The predicted octanol–water partition coefficient (Wildman–Crippen LogP) is 10.8. The molecular formula is C61H63ClN4O9. The summed E-state index contributed by atoms with van der Waals surface area (Å²) in [7, 11) is 1.50. The van der Waals surface area contributed by atoms with Crippen LogP contribution in [0.15, 0.2) is 174 Å². The number of carbonyl (C=O) groups excluding carboxylic acids is 4. The van der Waals surface area contributed by atoms with Crippen LogP contribution in [0.1, 0.15) is 94.1 Å². The highest BCUT2D eigenvalue weighted by Crippen LogP contribution is 2.44. The number of esters is 1. The molecular weight excluding hydrogens is 968 g/mol. The SMILES string of the molecule is C=CCOC(=O)C(CCCCN)NC(=O)C(CCCCNC(=O)c1cc2ccc(OC)cc2oc1=O)NC(=O)OCC1c2ccccc2-c2ccccc21.Cc1ccc(C(c2ccccc2)c2ccccc2Cl)cc1. The van der Waals surface area contributed by atoms with Crippen molar-refractivity contribution in [2.75, 3.05) is 33.4 Å². The van der Waals surface area contributed by atoms with E-state index in [-0.39, 0.29) is 43.6 Å². The Labute approximate surface area is 442 Å². The summed E-state index contributed by atoms with van der Waals surface area (Å²) in [5.74, 6) is -1.33. The number of amides is 3. The number of alkyl carbamates (subject to hydrolysis) is 1. The van der Waals surface area contributed by atoms with Gasteiger partial charge in [-0.25, -0.2) is 14.4 Å². The number of fused-ring (bicyclic) bond motifs is 4. The molecule has 6 aromatic carbocycles. The van der Waals surface area contributed by atoms with E-state index in [2.05, 4.69) is 84.1 Å². The Hall–Kier alpha value is -8.00. The monoisotopic (exact) mass is 1030 g/mol. The van der Waals surface area contributed by atoms with Crippen molar-refractivity contribution >= 4 is 46.4 Å². The number of aryl methyl sites for hydroxylation is 1. The summed E-state index contributed by atoms with van der Waals surface area (Å²) in [5.41, 5.74) is 14.2. The molecule has 3 amide bonds. The first-order valence-corrected chi connectivity index (χ1v) is 25.5. The van der Waals surface area contributed by atoms with Gasteiger partial charge in [-0.2, -0.15) is 0 Å². The van der Waals surface area contributed by atoms with Crippen LogP contribution in [0.25, 0.3) is 22.1 Å². The minimum atomic E-state index is -1.08. The van der Waals surface area contributed by atoms with Gasteiger partial charge >= 0.3 is 17.7 Å². The number of benzene rings is 6. The van der Waals surface area contributed by atoms with Crippen LogP contribution in [0.4, 0.5) is 4.79 Å². The van der Waals surface area contributed by atoms with E-state index < -0.39 is 41.6 Å². The van der Waals surface area contributed by atoms with Gasteiger partial charge in [0, 0.05) is 34.9 Å². The van der Waals surface area contributed by atoms with E-state index in [9.17, 15) is 24.0 Å². The summed E-state index contributed by atoms with van der Waals surface area (Å²) in [6, 6.07) is 47.6. The second-order valence-corrected chi connectivity index (χ2v) is 18.6. The minimum Gasteiger partial charge on any atom is -0.497 e. The van der Waals surface area contributed by atoms with E-state index in [0.29, 0.717) is 55.4 Å². The first-order chi connectivity index (χ1) is 36.5. The summed E-state index contributed by atoms with van der Waals surface area (Å²) in [6.07, 6.45) is 3.08. The molecule has 7 aromatic rings. The van der Waals surface area contributed by atoms with Crippen LogP contribution >= 0.6 is 11.6 Å². The van der Waals surface area contributed by atoms with Crippen LogP contribution in [0.2, 0.25) is 5.02 Å². The number of unbranched alkanes of at least 4 members (excludes halogenated alkanes) is 2. The molecule has 0 fully saturated rings. The van der Waals surface area contributed by atoms with Gasteiger partial charge in [-0.05, 0) is 115 Å². The molecule has 1 aliphatic rings. The third kappa shape index (κ3) is 14.6. The molecule has 0 spiro atoms. The Morgan fingerprint density at radius 3 is 2.05 bits per heavy atom. The van der Waals surface area contributed by atoms with Gasteiger partial charge in [0.25, 0.3) is 5.91 Å². The van der Waals surface area contributed by atoms with E-state index in [4.69, 9.17) is 36.0 Å². The highest BCUT2D eigenvalue weighted by Gasteiger charge is 2.31. The van der Waals surface area contributed by atoms with Crippen LogP contribution in [0, 0.1) is 6.92 Å². The average molecular weight is 1030 g/mol. The second kappa shape index (κ2) is 27.3. The standard InChI is InChI=1S/C41H46N4O9.C20H17Cl/c1-3-22-52-40(49)35(17-8-10-20-42)44-38(47)34(45-41(50)53-25-33-30-14-6-4-12-28(30)29-13-5-7-15-31(29)33)16-9-11-21-43-37(46)32-23-26-18-19-27(51-2)24-36(26)54-39(32)48;1-15-11-13-17(14-12-15)20(16-7-3-2-4-8-16)18-9-5-6-10-19(18)21/h3-7,12-15,18-19,23-24,33-35H,1,8-11,16-17,20-22,25,42H2,2H3,(H,43,46)(H,44,47)(H,45,50);2-14,20H,1H3. The van der Waals surface area contributed by atoms with Gasteiger partial charge in [-0.15, -0.1) is 0 Å². The zero-order valence-corrected chi connectivity index (χ0v) is 43.0. The fourth-order valence-electron chi connectivity index (χ4n) is 9.12. The summed E-state index contributed by atoms with van der Waals surface area (Å²) < 4.78 is 21.4. The molecule has 0 radical (unpaired) electrons. The molecule has 388 valence electrons. The number of halogens is 1. The molecule has 0 aliphatic heterocycles. The van der Waals surface area contributed by atoms with Crippen molar-refractivity contribution in [2.24, 2.45) is 5.73 Å². The Morgan fingerprint density at radius 1 is 0.733 bits per heavy atom. The third-order valence-electron chi connectivity index (χ3n) is 13.0. The lowest BCUT2D eigenvalue weighted by molar-refractivity contribution is -0.147. The second-order valence-electron chi connectivity index (χ2n) is 18.2. The van der Waals surface area contributed by atoms with Crippen LogP contribution < -0.4 is 32.0 Å². The molecule has 14 heteroatoms. The number of nitrogens with one attached hydrogen (secondary N) is 3. The van der Waals surface area contributed by atoms with Crippen LogP contribution in [0.5, 0.6) is 5.75 Å². The van der Waals surface area contributed by atoms with Gasteiger partial charge < -0.3 is 40.3 Å². The molecule has 13 nitrogen and oxygen atoms in total. The fourth-order valence-corrected chi connectivity index (χ4v) is 9.36. The van der Waals surface area contributed by atoms with E-state index in [0.717, 1.165) is 32.8 Å². The Balaban J connectivity index is 0.000000323.